The minimum atomic E-state index is -3.41. The second-order valence-electron chi connectivity index (χ2n) is 8.08. The zero-order chi connectivity index (χ0) is 23.1. The number of sulfonamides is 1. The molecule has 0 bridgehead atoms. The Kier molecular flexibility index (Phi) is 6.44. The third-order valence-electron chi connectivity index (χ3n) is 4.81. The molecule has 3 heterocycles. The number of nitrogens with two attached hydrogens (primary N) is 1. The second-order valence-corrected chi connectivity index (χ2v) is 12.8. The largest absolute Gasteiger partial charge is 0.454 e. The quantitative estimate of drug-likeness (QED) is 0.315. The number of nitrogen functional groups attached to an aromatic ring is 1. The molecule has 1 aliphatic heterocycles. The van der Waals surface area contributed by atoms with Crippen LogP contribution in [0.15, 0.2) is 28.5 Å². The molecule has 1 aromatic carbocycles. The van der Waals surface area contributed by atoms with Crippen LogP contribution in [0, 0.1) is 3.57 Å². The van der Waals surface area contributed by atoms with Crippen LogP contribution in [0.5, 0.6) is 11.5 Å². The van der Waals surface area contributed by atoms with Crippen molar-refractivity contribution in [2.45, 2.75) is 48.5 Å². The summed E-state index contributed by atoms with van der Waals surface area (Å²) in [5, 5.41) is 0.683. The lowest BCUT2D eigenvalue weighted by Gasteiger charge is -2.19. The molecule has 172 valence electrons. The summed E-state index contributed by atoms with van der Waals surface area (Å²) < 4.78 is 40.3. The van der Waals surface area contributed by atoms with Gasteiger partial charge in [0, 0.05) is 21.6 Å². The Morgan fingerprint density at radius 1 is 1.25 bits per heavy atom. The Bertz CT molecular complexity index is 1270. The van der Waals surface area contributed by atoms with Gasteiger partial charge in [0.25, 0.3) is 0 Å². The van der Waals surface area contributed by atoms with Crippen LogP contribution in [0.2, 0.25) is 0 Å². The molecule has 0 atom stereocenters. The highest BCUT2D eigenvalue weighted by molar-refractivity contribution is 14.1. The predicted molar refractivity (Wildman–Crippen MR) is 130 cm³/mol. The number of aromatic nitrogens is 4. The maximum absolute atomic E-state index is 12.3. The number of rotatable bonds is 7. The normalized spacial score (nSPS) is 13.8. The van der Waals surface area contributed by atoms with Gasteiger partial charge in [0.15, 0.2) is 33.6 Å². The van der Waals surface area contributed by atoms with Crippen molar-refractivity contribution in [3.8, 4) is 11.5 Å². The van der Waals surface area contributed by atoms with Crippen molar-refractivity contribution in [2.75, 3.05) is 19.1 Å². The van der Waals surface area contributed by atoms with Gasteiger partial charge in [-0.05, 0) is 61.9 Å². The average Bonchev–Trinajstić information content (AvgIpc) is 3.29. The molecule has 1 aliphatic rings. The van der Waals surface area contributed by atoms with Crippen LogP contribution in [0.1, 0.15) is 27.2 Å². The van der Waals surface area contributed by atoms with Crippen molar-refractivity contribution in [1.29, 1.82) is 0 Å². The number of aryl methyl sites for hydroxylation is 1. The first-order valence-electron chi connectivity index (χ1n) is 9.80. The van der Waals surface area contributed by atoms with Crippen LogP contribution in [0.25, 0.3) is 11.2 Å². The number of nitrogens with zero attached hydrogens (tertiary/aromatic N) is 4. The summed E-state index contributed by atoms with van der Waals surface area (Å²) in [6, 6.07) is 3.85. The molecule has 2 aromatic heterocycles. The molecule has 0 radical (unpaired) electrons. The summed E-state index contributed by atoms with van der Waals surface area (Å²) in [6.07, 6.45) is 1.95. The van der Waals surface area contributed by atoms with Gasteiger partial charge in [0.1, 0.15) is 6.33 Å². The fraction of sp³-hybridized carbons (Fsp3) is 0.421. The average molecular weight is 590 g/mol. The fourth-order valence-electron chi connectivity index (χ4n) is 2.95. The van der Waals surface area contributed by atoms with E-state index in [1.807, 2.05) is 16.7 Å². The molecule has 0 aliphatic carbocycles. The van der Waals surface area contributed by atoms with Gasteiger partial charge in [-0.25, -0.2) is 28.1 Å². The van der Waals surface area contributed by atoms with E-state index in [1.54, 1.807) is 20.8 Å². The van der Waals surface area contributed by atoms with E-state index in [2.05, 4.69) is 42.3 Å². The van der Waals surface area contributed by atoms with E-state index in [0.717, 1.165) is 8.47 Å². The summed E-state index contributed by atoms with van der Waals surface area (Å²) in [4.78, 5) is 14.0. The van der Waals surface area contributed by atoms with Crippen LogP contribution in [-0.2, 0) is 16.6 Å². The third-order valence-corrected chi connectivity index (χ3v) is 9.32. The lowest BCUT2D eigenvalue weighted by Crippen LogP contribution is -2.39. The Hall–Kier alpha value is -1.84. The Morgan fingerprint density at radius 2 is 1.97 bits per heavy atom. The lowest BCUT2D eigenvalue weighted by molar-refractivity contribution is 0.174. The molecular formula is C19H23IN6O4S2. The van der Waals surface area contributed by atoms with Gasteiger partial charge < -0.3 is 19.8 Å². The number of ether oxygens (including phenoxy) is 2. The molecule has 0 saturated carbocycles. The van der Waals surface area contributed by atoms with Gasteiger partial charge in [-0.2, -0.15) is 0 Å². The van der Waals surface area contributed by atoms with Crippen molar-refractivity contribution in [2.24, 2.45) is 0 Å². The van der Waals surface area contributed by atoms with E-state index in [1.165, 1.54) is 18.1 Å². The van der Waals surface area contributed by atoms with Crippen LogP contribution < -0.4 is 19.9 Å². The number of hydrogen-bond acceptors (Lipinski definition) is 9. The van der Waals surface area contributed by atoms with Gasteiger partial charge in [0.2, 0.25) is 16.8 Å². The van der Waals surface area contributed by atoms with Gasteiger partial charge in [0.05, 0.1) is 4.75 Å². The lowest BCUT2D eigenvalue weighted by atomic mass is 10.3. The Labute approximate surface area is 203 Å². The molecule has 3 aromatic rings. The first-order chi connectivity index (χ1) is 15.1. The van der Waals surface area contributed by atoms with Crippen LogP contribution >= 0.6 is 34.4 Å². The standard InChI is InChI=1S/C19H23IN6O4S2/c1-19(2,3)32(27,28)24-5-4-6-26-17-15(16(21)22-9-23-17)25-18(26)31-14-8-13-12(7-11(14)20)29-10-30-13/h7-9,24H,4-6,10H2,1-3H3,(H2,21,22,23). The summed E-state index contributed by atoms with van der Waals surface area (Å²) in [5.74, 6) is 1.70. The van der Waals surface area contributed by atoms with Crippen LogP contribution in [0.4, 0.5) is 5.82 Å². The van der Waals surface area contributed by atoms with E-state index in [0.29, 0.717) is 53.1 Å². The molecule has 0 unspecified atom stereocenters. The second kappa shape index (κ2) is 8.83. The molecule has 32 heavy (non-hydrogen) atoms. The number of imidazole rings is 1. The molecule has 0 spiro atoms. The molecule has 13 heteroatoms. The van der Waals surface area contributed by atoms with Gasteiger partial charge in [-0.15, -0.1) is 0 Å². The van der Waals surface area contributed by atoms with E-state index < -0.39 is 14.8 Å². The van der Waals surface area contributed by atoms with Gasteiger partial charge in [-0.1, -0.05) is 11.8 Å². The van der Waals surface area contributed by atoms with Crippen molar-refractivity contribution >= 4 is 61.4 Å². The Morgan fingerprint density at radius 3 is 2.69 bits per heavy atom. The zero-order valence-corrected chi connectivity index (χ0v) is 21.5. The minimum Gasteiger partial charge on any atom is -0.454 e. The molecule has 4 rings (SSSR count). The summed E-state index contributed by atoms with van der Waals surface area (Å²) in [5.41, 5.74) is 7.15. The maximum Gasteiger partial charge on any atom is 0.231 e. The SMILES string of the molecule is CC(C)(C)S(=O)(=O)NCCCn1c(Sc2cc3c(cc2I)OCO3)nc2c(N)ncnc21. The van der Waals surface area contributed by atoms with E-state index in [-0.39, 0.29) is 6.79 Å². The number of benzene rings is 1. The monoisotopic (exact) mass is 590 g/mol. The summed E-state index contributed by atoms with van der Waals surface area (Å²) in [6.45, 7) is 6.00. The molecular weight excluding hydrogens is 567 g/mol. The first-order valence-corrected chi connectivity index (χ1v) is 13.2. The molecule has 0 fully saturated rings. The third kappa shape index (κ3) is 4.61. The minimum absolute atomic E-state index is 0.203. The highest BCUT2D eigenvalue weighted by Crippen LogP contribution is 2.41. The van der Waals surface area contributed by atoms with E-state index in [4.69, 9.17) is 15.2 Å². The highest BCUT2D eigenvalue weighted by Gasteiger charge is 2.28. The first kappa shape index (κ1) is 23.3. The van der Waals surface area contributed by atoms with Crippen molar-refractivity contribution in [1.82, 2.24) is 24.2 Å². The number of hydrogen-bond donors (Lipinski definition) is 2. The number of fused-ring (bicyclic) bond motifs is 2. The topological polar surface area (TPSA) is 134 Å². The van der Waals surface area contributed by atoms with Crippen molar-refractivity contribution < 1.29 is 17.9 Å². The molecule has 0 amide bonds. The van der Waals surface area contributed by atoms with Crippen LogP contribution in [0.3, 0.4) is 0 Å². The Balaban J connectivity index is 1.59. The summed E-state index contributed by atoms with van der Waals surface area (Å²) >= 11 is 3.70. The zero-order valence-electron chi connectivity index (χ0n) is 17.8. The maximum atomic E-state index is 12.3. The fourth-order valence-corrected chi connectivity index (χ4v) is 5.51. The smallest absolute Gasteiger partial charge is 0.231 e. The van der Waals surface area contributed by atoms with Gasteiger partial charge >= 0.3 is 0 Å². The molecule has 3 N–H and O–H groups in total. The van der Waals surface area contributed by atoms with Gasteiger partial charge in [-0.3, -0.25) is 0 Å². The van der Waals surface area contributed by atoms with E-state index >= 15 is 0 Å². The number of nitrogens with one attached hydrogen (secondary N) is 1. The van der Waals surface area contributed by atoms with Crippen LogP contribution in [-0.4, -0.2) is 46.0 Å². The predicted octanol–water partition coefficient (Wildman–Crippen LogP) is 3.00. The highest BCUT2D eigenvalue weighted by atomic mass is 127. The van der Waals surface area contributed by atoms with Crippen molar-refractivity contribution in [3.05, 3.63) is 22.0 Å². The number of halogens is 1. The van der Waals surface area contributed by atoms with E-state index in [9.17, 15) is 8.42 Å². The van der Waals surface area contributed by atoms with Crippen molar-refractivity contribution in [3.63, 3.8) is 0 Å². The number of anilines is 1. The summed E-state index contributed by atoms with van der Waals surface area (Å²) in [7, 11) is -3.41. The molecule has 0 saturated heterocycles. The molecule has 10 nitrogen and oxygen atoms in total.